The molecule has 1 aliphatic heterocycles. The van der Waals surface area contributed by atoms with Crippen molar-refractivity contribution < 1.29 is 14.8 Å². The summed E-state index contributed by atoms with van der Waals surface area (Å²) in [6, 6.07) is 0. The van der Waals surface area contributed by atoms with Crippen molar-refractivity contribution in [1.82, 2.24) is 10.2 Å². The minimum atomic E-state index is -0.751. The van der Waals surface area contributed by atoms with Gasteiger partial charge in [0.25, 0.3) is 0 Å². The Bertz CT molecular complexity index is 423. The second kappa shape index (κ2) is 5.68. The minimum Gasteiger partial charge on any atom is -0.409 e. The average molecular weight is 282 g/mol. The van der Waals surface area contributed by atoms with Crippen molar-refractivity contribution in [2.24, 2.45) is 22.2 Å². The Kier molecular flexibility index (Phi) is 4.15. The molecule has 1 saturated heterocycles. The van der Waals surface area contributed by atoms with Crippen LogP contribution in [0.5, 0.6) is 0 Å². The highest BCUT2D eigenvalue weighted by molar-refractivity contribution is 6.09. The molecule has 1 aliphatic carbocycles. The van der Waals surface area contributed by atoms with E-state index in [2.05, 4.69) is 10.5 Å². The van der Waals surface area contributed by atoms with Crippen LogP contribution in [-0.2, 0) is 9.59 Å². The first kappa shape index (κ1) is 14.6. The Morgan fingerprint density at radius 2 is 2.00 bits per heavy atom. The molecule has 2 aliphatic rings. The Morgan fingerprint density at radius 3 is 2.45 bits per heavy atom. The van der Waals surface area contributed by atoms with Crippen LogP contribution in [0.15, 0.2) is 5.16 Å². The van der Waals surface area contributed by atoms with Crippen LogP contribution < -0.4 is 11.1 Å². The van der Waals surface area contributed by atoms with Gasteiger partial charge in [-0.2, -0.15) is 0 Å². The maximum Gasteiger partial charge on any atom is 0.236 e. The lowest BCUT2D eigenvalue weighted by atomic mass is 9.94. The molecule has 0 spiro atoms. The summed E-state index contributed by atoms with van der Waals surface area (Å²) in [6.07, 6.45) is 3.07. The molecular weight excluding hydrogens is 260 g/mol. The highest BCUT2D eigenvalue weighted by Gasteiger charge is 2.55. The van der Waals surface area contributed by atoms with Crippen molar-refractivity contribution in [2.45, 2.75) is 32.6 Å². The third-order valence-corrected chi connectivity index (χ3v) is 4.30. The van der Waals surface area contributed by atoms with Crippen LogP contribution >= 0.6 is 0 Å². The average Bonchev–Trinajstić information content (AvgIpc) is 3.25. The van der Waals surface area contributed by atoms with Gasteiger partial charge in [-0.1, -0.05) is 5.16 Å². The van der Waals surface area contributed by atoms with Crippen molar-refractivity contribution in [3.8, 4) is 0 Å². The van der Waals surface area contributed by atoms with E-state index in [0.717, 1.165) is 12.8 Å². The van der Waals surface area contributed by atoms with E-state index >= 15 is 0 Å². The summed E-state index contributed by atoms with van der Waals surface area (Å²) >= 11 is 0. The maximum atomic E-state index is 12.4. The van der Waals surface area contributed by atoms with E-state index in [1.807, 2.05) is 0 Å². The maximum absolute atomic E-state index is 12.4. The fourth-order valence-corrected chi connectivity index (χ4v) is 2.73. The van der Waals surface area contributed by atoms with Gasteiger partial charge in [-0.05, 0) is 31.6 Å². The van der Waals surface area contributed by atoms with Crippen LogP contribution in [0.4, 0.5) is 0 Å². The molecule has 0 radical (unpaired) electrons. The van der Waals surface area contributed by atoms with Crippen molar-refractivity contribution in [2.75, 3.05) is 19.6 Å². The molecule has 0 bridgehead atoms. The van der Waals surface area contributed by atoms with E-state index in [9.17, 15) is 9.59 Å². The second-order valence-corrected chi connectivity index (χ2v) is 5.74. The molecule has 0 unspecified atom stereocenters. The number of nitrogens with zero attached hydrogens (tertiary/aromatic N) is 2. The number of nitrogens with one attached hydrogen (secondary N) is 1. The molecule has 2 fully saturated rings. The molecular formula is C13H22N4O3. The van der Waals surface area contributed by atoms with Gasteiger partial charge in [0, 0.05) is 26.6 Å². The number of carbonyl (C=O) groups is 2. The molecule has 7 heteroatoms. The van der Waals surface area contributed by atoms with Crippen molar-refractivity contribution in [1.29, 1.82) is 0 Å². The lowest BCUT2D eigenvalue weighted by Crippen LogP contribution is -2.47. The van der Waals surface area contributed by atoms with Crippen LogP contribution in [0.2, 0.25) is 0 Å². The summed E-state index contributed by atoms with van der Waals surface area (Å²) < 4.78 is 0. The van der Waals surface area contributed by atoms with Gasteiger partial charge in [0.1, 0.15) is 5.41 Å². The quantitative estimate of drug-likeness (QED) is 0.289. The number of rotatable bonds is 4. The van der Waals surface area contributed by atoms with Crippen molar-refractivity contribution in [3.63, 3.8) is 0 Å². The number of amides is 2. The van der Waals surface area contributed by atoms with Crippen LogP contribution in [0.25, 0.3) is 0 Å². The third-order valence-electron chi connectivity index (χ3n) is 4.30. The third kappa shape index (κ3) is 2.86. The van der Waals surface area contributed by atoms with Crippen molar-refractivity contribution in [3.05, 3.63) is 0 Å². The van der Waals surface area contributed by atoms with Gasteiger partial charge < -0.3 is 21.2 Å². The van der Waals surface area contributed by atoms with Crippen LogP contribution in [0, 0.1) is 11.3 Å². The zero-order chi connectivity index (χ0) is 14.8. The molecule has 2 amide bonds. The standard InChI is InChI=1S/C13H22N4O3/c1-9(18)15-8-10-2-6-17(7-3-10)12(19)13(4-5-13)11(14)16-20/h10,20H,2-8H2,1H3,(H2,14,16)(H,15,18). The Hall–Kier alpha value is -1.79. The topological polar surface area (TPSA) is 108 Å². The van der Waals surface area contributed by atoms with E-state index in [4.69, 9.17) is 10.9 Å². The van der Waals surface area contributed by atoms with E-state index in [1.165, 1.54) is 6.92 Å². The summed E-state index contributed by atoms with van der Waals surface area (Å²) in [7, 11) is 0. The summed E-state index contributed by atoms with van der Waals surface area (Å²) in [5, 5.41) is 14.6. The normalized spacial score (nSPS) is 22.4. The number of hydrogen-bond donors (Lipinski definition) is 3. The molecule has 0 aromatic heterocycles. The molecule has 0 aromatic rings. The molecule has 20 heavy (non-hydrogen) atoms. The first-order chi connectivity index (χ1) is 9.49. The lowest BCUT2D eigenvalue weighted by Gasteiger charge is -2.34. The molecule has 0 atom stereocenters. The first-order valence-corrected chi connectivity index (χ1v) is 7.01. The van der Waals surface area contributed by atoms with Gasteiger partial charge in [0.05, 0.1) is 0 Å². The zero-order valence-electron chi connectivity index (χ0n) is 11.8. The molecule has 0 aromatic carbocycles. The van der Waals surface area contributed by atoms with Gasteiger partial charge in [0.2, 0.25) is 11.8 Å². The number of amidine groups is 1. The van der Waals surface area contributed by atoms with Crippen LogP contribution in [-0.4, -0.2) is 47.4 Å². The van der Waals surface area contributed by atoms with E-state index in [1.54, 1.807) is 4.90 Å². The predicted molar refractivity (Wildman–Crippen MR) is 73.1 cm³/mol. The smallest absolute Gasteiger partial charge is 0.236 e. The second-order valence-electron chi connectivity index (χ2n) is 5.74. The summed E-state index contributed by atoms with van der Waals surface area (Å²) in [5.74, 6) is 0.406. The van der Waals surface area contributed by atoms with Gasteiger partial charge in [-0.3, -0.25) is 9.59 Å². The zero-order valence-corrected chi connectivity index (χ0v) is 11.8. The number of likely N-dealkylation sites (tertiary alicyclic amines) is 1. The molecule has 112 valence electrons. The molecule has 4 N–H and O–H groups in total. The first-order valence-electron chi connectivity index (χ1n) is 7.01. The van der Waals surface area contributed by atoms with Crippen LogP contribution in [0.3, 0.4) is 0 Å². The minimum absolute atomic E-state index is 0.0210. The molecule has 2 rings (SSSR count). The largest absolute Gasteiger partial charge is 0.409 e. The number of hydrogen-bond acceptors (Lipinski definition) is 4. The predicted octanol–water partition coefficient (Wildman–Crippen LogP) is -0.112. The van der Waals surface area contributed by atoms with E-state index in [-0.39, 0.29) is 17.6 Å². The van der Waals surface area contributed by atoms with Gasteiger partial charge >= 0.3 is 0 Å². The van der Waals surface area contributed by atoms with Gasteiger partial charge in [0.15, 0.2) is 5.84 Å². The van der Waals surface area contributed by atoms with Crippen molar-refractivity contribution >= 4 is 17.6 Å². The fourth-order valence-electron chi connectivity index (χ4n) is 2.73. The highest BCUT2D eigenvalue weighted by atomic mass is 16.4. The van der Waals surface area contributed by atoms with Gasteiger partial charge in [-0.15, -0.1) is 0 Å². The highest BCUT2D eigenvalue weighted by Crippen LogP contribution is 2.47. The summed E-state index contributed by atoms with van der Waals surface area (Å²) in [6.45, 7) is 3.52. The molecule has 1 heterocycles. The van der Waals surface area contributed by atoms with Gasteiger partial charge in [-0.25, -0.2) is 0 Å². The Morgan fingerprint density at radius 1 is 1.40 bits per heavy atom. The fraction of sp³-hybridized carbons (Fsp3) is 0.769. The van der Waals surface area contributed by atoms with Crippen LogP contribution in [0.1, 0.15) is 32.6 Å². The Balaban J connectivity index is 1.85. The monoisotopic (exact) mass is 282 g/mol. The number of nitrogens with two attached hydrogens (primary N) is 1. The Labute approximate surface area is 118 Å². The lowest BCUT2D eigenvalue weighted by molar-refractivity contribution is -0.136. The summed E-state index contributed by atoms with van der Waals surface area (Å²) in [5.41, 5.74) is 4.88. The summed E-state index contributed by atoms with van der Waals surface area (Å²) in [4.78, 5) is 25.1. The van der Waals surface area contributed by atoms with E-state index < -0.39 is 5.41 Å². The molecule has 7 nitrogen and oxygen atoms in total. The number of piperidine rings is 1. The number of oxime groups is 1. The SMILES string of the molecule is CC(=O)NCC1CCN(C(=O)C2(C(N)=NO)CC2)CC1. The number of carbonyl (C=O) groups excluding carboxylic acids is 2. The molecule has 1 saturated carbocycles. The van der Waals surface area contributed by atoms with E-state index in [0.29, 0.717) is 38.4 Å².